The molecule has 0 saturated carbocycles. The number of thiazole rings is 1. The number of rotatable bonds is 4. The van der Waals surface area contributed by atoms with Gasteiger partial charge in [0.1, 0.15) is 10.8 Å². The van der Waals surface area contributed by atoms with Crippen LogP contribution in [0.4, 0.5) is 5.82 Å². The molecule has 0 aliphatic rings. The maximum atomic E-state index is 5.39. The number of benzene rings is 1. The Morgan fingerprint density at radius 2 is 2.17 bits per heavy atom. The van der Waals surface area contributed by atoms with Crippen LogP contribution in [-0.4, -0.2) is 12.1 Å². The fraction of sp³-hybridized carbons (Fsp3) is 0.308. The summed E-state index contributed by atoms with van der Waals surface area (Å²) < 4.78 is 5.39. The third kappa shape index (κ3) is 2.47. The predicted octanol–water partition coefficient (Wildman–Crippen LogP) is 3.23. The maximum Gasteiger partial charge on any atom is 0.151 e. The third-order valence-corrected chi connectivity index (χ3v) is 3.65. The Balaban J connectivity index is 2.49. The van der Waals surface area contributed by atoms with E-state index in [1.165, 1.54) is 5.56 Å². The summed E-state index contributed by atoms with van der Waals surface area (Å²) in [5.41, 5.74) is 4.83. The van der Waals surface area contributed by atoms with E-state index in [2.05, 4.69) is 36.4 Å². The summed E-state index contributed by atoms with van der Waals surface area (Å²) in [6, 6.07) is 6.20. The summed E-state index contributed by atoms with van der Waals surface area (Å²) in [7, 11) is 1.67. The second-order valence-corrected chi connectivity index (χ2v) is 5.15. The molecule has 2 rings (SSSR count). The van der Waals surface area contributed by atoms with Crippen LogP contribution < -0.4 is 16.0 Å². The van der Waals surface area contributed by atoms with Gasteiger partial charge in [-0.05, 0) is 23.6 Å². The quantitative estimate of drug-likeness (QED) is 0.657. The number of anilines is 1. The van der Waals surface area contributed by atoms with Crippen molar-refractivity contribution in [2.45, 2.75) is 19.8 Å². The zero-order chi connectivity index (χ0) is 13.1. The minimum absolute atomic E-state index is 0.474. The lowest BCUT2D eigenvalue weighted by molar-refractivity contribution is 0.416. The summed E-state index contributed by atoms with van der Waals surface area (Å²) >= 11 is 1.54. The highest BCUT2D eigenvalue weighted by molar-refractivity contribution is 7.13. The molecule has 0 saturated heterocycles. The van der Waals surface area contributed by atoms with Gasteiger partial charge in [-0.25, -0.2) is 10.8 Å². The minimum Gasteiger partial charge on any atom is -0.496 e. The predicted molar refractivity (Wildman–Crippen MR) is 76.0 cm³/mol. The van der Waals surface area contributed by atoms with Gasteiger partial charge in [0.2, 0.25) is 0 Å². The average molecular weight is 263 g/mol. The van der Waals surface area contributed by atoms with E-state index in [1.54, 1.807) is 18.4 Å². The van der Waals surface area contributed by atoms with Crippen LogP contribution in [-0.2, 0) is 0 Å². The zero-order valence-electron chi connectivity index (χ0n) is 10.7. The van der Waals surface area contributed by atoms with E-state index in [0.717, 1.165) is 16.3 Å². The second kappa shape index (κ2) is 5.37. The van der Waals surface area contributed by atoms with Crippen molar-refractivity contribution in [2.24, 2.45) is 5.84 Å². The van der Waals surface area contributed by atoms with Crippen LogP contribution in [0.25, 0.3) is 10.6 Å². The van der Waals surface area contributed by atoms with Gasteiger partial charge in [0, 0.05) is 5.38 Å². The molecule has 0 radical (unpaired) electrons. The first-order valence-electron chi connectivity index (χ1n) is 5.76. The summed E-state index contributed by atoms with van der Waals surface area (Å²) in [5, 5.41) is 2.79. The molecule has 18 heavy (non-hydrogen) atoms. The third-order valence-electron chi connectivity index (χ3n) is 2.77. The van der Waals surface area contributed by atoms with E-state index in [1.807, 2.05) is 11.4 Å². The van der Waals surface area contributed by atoms with Gasteiger partial charge in [0.25, 0.3) is 0 Å². The van der Waals surface area contributed by atoms with Crippen LogP contribution in [0.3, 0.4) is 0 Å². The number of methoxy groups -OCH3 is 1. The highest BCUT2D eigenvalue weighted by Gasteiger charge is 2.12. The molecule has 0 amide bonds. The Labute approximate surface area is 111 Å². The lowest BCUT2D eigenvalue weighted by Gasteiger charge is -2.11. The van der Waals surface area contributed by atoms with Crippen LogP contribution >= 0.6 is 11.3 Å². The van der Waals surface area contributed by atoms with E-state index < -0.39 is 0 Å². The fourth-order valence-corrected chi connectivity index (χ4v) is 2.50. The monoisotopic (exact) mass is 263 g/mol. The molecule has 0 fully saturated rings. The first kappa shape index (κ1) is 12.9. The van der Waals surface area contributed by atoms with E-state index in [9.17, 15) is 0 Å². The number of hydrogen-bond acceptors (Lipinski definition) is 5. The van der Waals surface area contributed by atoms with Crippen molar-refractivity contribution in [3.05, 3.63) is 29.1 Å². The Hall–Kier alpha value is -1.59. The molecule has 0 aliphatic heterocycles. The van der Waals surface area contributed by atoms with Crippen LogP contribution in [0.2, 0.25) is 0 Å². The molecule has 2 aromatic rings. The van der Waals surface area contributed by atoms with Crippen LogP contribution in [0.1, 0.15) is 25.3 Å². The van der Waals surface area contributed by atoms with Gasteiger partial charge in [-0.2, -0.15) is 0 Å². The van der Waals surface area contributed by atoms with Crippen molar-refractivity contribution >= 4 is 17.2 Å². The molecular formula is C13H17N3OS. The van der Waals surface area contributed by atoms with E-state index in [0.29, 0.717) is 11.7 Å². The molecule has 0 spiro atoms. The Kier molecular flexibility index (Phi) is 3.84. The highest BCUT2D eigenvalue weighted by atomic mass is 32.1. The topological polar surface area (TPSA) is 60.2 Å². The van der Waals surface area contributed by atoms with Gasteiger partial charge in [0.15, 0.2) is 5.82 Å². The van der Waals surface area contributed by atoms with Gasteiger partial charge >= 0.3 is 0 Å². The number of nitrogens with one attached hydrogen (secondary N) is 1. The van der Waals surface area contributed by atoms with Crippen molar-refractivity contribution in [1.82, 2.24) is 4.98 Å². The van der Waals surface area contributed by atoms with Gasteiger partial charge in [0.05, 0.1) is 12.7 Å². The maximum absolute atomic E-state index is 5.39. The molecule has 0 atom stereocenters. The van der Waals surface area contributed by atoms with Crippen molar-refractivity contribution in [3.8, 4) is 16.3 Å². The summed E-state index contributed by atoms with van der Waals surface area (Å²) in [5.74, 6) is 7.33. The Morgan fingerprint density at radius 3 is 2.72 bits per heavy atom. The van der Waals surface area contributed by atoms with Crippen molar-refractivity contribution in [2.75, 3.05) is 12.5 Å². The first-order valence-corrected chi connectivity index (χ1v) is 6.64. The molecule has 0 bridgehead atoms. The minimum atomic E-state index is 0.474. The number of nitrogen functional groups attached to an aromatic ring is 1. The lowest BCUT2D eigenvalue weighted by atomic mass is 10.0. The molecule has 0 unspecified atom stereocenters. The largest absolute Gasteiger partial charge is 0.496 e. The van der Waals surface area contributed by atoms with E-state index in [4.69, 9.17) is 10.6 Å². The van der Waals surface area contributed by atoms with Gasteiger partial charge in [-0.3, -0.25) is 0 Å². The van der Waals surface area contributed by atoms with Crippen LogP contribution in [0.15, 0.2) is 23.6 Å². The number of hydrogen-bond donors (Lipinski definition) is 2. The average Bonchev–Trinajstić information content (AvgIpc) is 2.86. The molecule has 5 heteroatoms. The van der Waals surface area contributed by atoms with Crippen molar-refractivity contribution in [3.63, 3.8) is 0 Å². The first-order chi connectivity index (χ1) is 8.65. The van der Waals surface area contributed by atoms with Gasteiger partial charge < -0.3 is 10.2 Å². The van der Waals surface area contributed by atoms with Gasteiger partial charge in [-0.1, -0.05) is 19.9 Å². The smallest absolute Gasteiger partial charge is 0.151 e. The standard InChI is InChI=1S/C13H17N3OS/c1-8(2)9-4-5-11(17-3)10(6-9)13-15-12(16-14)7-18-13/h4-8,16H,14H2,1-3H3. The van der Waals surface area contributed by atoms with E-state index in [-0.39, 0.29) is 0 Å². The molecule has 1 heterocycles. The molecular weight excluding hydrogens is 246 g/mol. The number of aromatic nitrogens is 1. The zero-order valence-corrected chi connectivity index (χ0v) is 11.5. The summed E-state index contributed by atoms with van der Waals surface area (Å²) in [6.07, 6.45) is 0. The molecule has 1 aromatic heterocycles. The normalized spacial score (nSPS) is 10.7. The van der Waals surface area contributed by atoms with Crippen LogP contribution in [0.5, 0.6) is 5.75 Å². The van der Waals surface area contributed by atoms with Gasteiger partial charge in [-0.15, -0.1) is 11.3 Å². The molecule has 1 aromatic carbocycles. The van der Waals surface area contributed by atoms with Crippen molar-refractivity contribution in [1.29, 1.82) is 0 Å². The molecule has 4 nitrogen and oxygen atoms in total. The molecule has 0 aliphatic carbocycles. The number of hydrazine groups is 1. The Bertz CT molecular complexity index is 537. The number of nitrogens with zero attached hydrogens (tertiary/aromatic N) is 1. The summed E-state index contributed by atoms with van der Waals surface area (Å²) in [6.45, 7) is 4.33. The second-order valence-electron chi connectivity index (χ2n) is 4.30. The highest BCUT2D eigenvalue weighted by Crippen LogP contribution is 2.35. The Morgan fingerprint density at radius 1 is 1.39 bits per heavy atom. The number of ether oxygens (including phenoxy) is 1. The summed E-state index contributed by atoms with van der Waals surface area (Å²) in [4.78, 5) is 4.41. The SMILES string of the molecule is COc1ccc(C(C)C)cc1-c1nc(NN)cs1. The molecule has 96 valence electrons. The van der Waals surface area contributed by atoms with E-state index >= 15 is 0 Å². The number of nitrogens with two attached hydrogens (primary N) is 1. The molecule has 3 N–H and O–H groups in total. The fourth-order valence-electron chi connectivity index (χ4n) is 1.72. The van der Waals surface area contributed by atoms with Crippen LogP contribution in [0, 0.1) is 0 Å². The van der Waals surface area contributed by atoms with Crippen molar-refractivity contribution < 1.29 is 4.74 Å². The lowest BCUT2D eigenvalue weighted by Crippen LogP contribution is -2.06.